The standard InChI is InChI=1S/C15H19NO3S/c1-20-15(7-2-3-8-15)10-16-13(17)11-5-4-6-12(9-11)14(18)19/h4-6,9H,2-3,7-8,10H2,1H3,(H,16,17)(H,18,19). The number of thioether (sulfide) groups is 1. The molecule has 1 aromatic rings. The number of rotatable bonds is 5. The van der Waals surface area contributed by atoms with Gasteiger partial charge in [-0.25, -0.2) is 4.79 Å². The van der Waals surface area contributed by atoms with Gasteiger partial charge in [0.1, 0.15) is 0 Å². The van der Waals surface area contributed by atoms with Crippen LogP contribution in [-0.2, 0) is 0 Å². The van der Waals surface area contributed by atoms with Crippen LogP contribution in [0.25, 0.3) is 0 Å². The average molecular weight is 293 g/mol. The predicted octanol–water partition coefficient (Wildman–Crippen LogP) is 2.79. The number of nitrogens with one attached hydrogen (secondary N) is 1. The Kier molecular flexibility index (Phi) is 4.70. The Labute approximate surface area is 123 Å². The van der Waals surface area contributed by atoms with Crippen molar-refractivity contribution in [2.45, 2.75) is 30.4 Å². The molecule has 0 radical (unpaired) electrons. The van der Waals surface area contributed by atoms with Crippen molar-refractivity contribution in [1.29, 1.82) is 0 Å². The number of aromatic carboxylic acids is 1. The highest BCUT2D eigenvalue weighted by atomic mass is 32.2. The first-order valence-corrected chi connectivity index (χ1v) is 7.95. The monoisotopic (exact) mass is 293 g/mol. The molecule has 0 atom stereocenters. The molecule has 20 heavy (non-hydrogen) atoms. The van der Waals surface area contributed by atoms with Gasteiger partial charge in [0.2, 0.25) is 0 Å². The van der Waals surface area contributed by atoms with E-state index in [2.05, 4.69) is 11.6 Å². The summed E-state index contributed by atoms with van der Waals surface area (Å²) in [5.74, 6) is -1.22. The molecule has 0 aliphatic heterocycles. The summed E-state index contributed by atoms with van der Waals surface area (Å²) < 4.78 is 0.153. The summed E-state index contributed by atoms with van der Waals surface area (Å²) in [5.41, 5.74) is 0.539. The third kappa shape index (κ3) is 3.33. The second kappa shape index (κ2) is 6.31. The van der Waals surface area contributed by atoms with Gasteiger partial charge in [0.25, 0.3) is 5.91 Å². The minimum Gasteiger partial charge on any atom is -0.478 e. The highest BCUT2D eigenvalue weighted by Crippen LogP contribution is 2.39. The zero-order valence-corrected chi connectivity index (χ0v) is 12.3. The van der Waals surface area contributed by atoms with Gasteiger partial charge in [-0.05, 0) is 37.3 Å². The molecule has 0 saturated heterocycles. The SMILES string of the molecule is CSC1(CNC(=O)c2cccc(C(=O)O)c2)CCCC1. The second-order valence-corrected chi connectivity index (χ2v) is 6.44. The maximum Gasteiger partial charge on any atom is 0.335 e. The Morgan fingerprint density at radius 2 is 1.95 bits per heavy atom. The molecular formula is C15H19NO3S. The topological polar surface area (TPSA) is 66.4 Å². The van der Waals surface area contributed by atoms with E-state index in [9.17, 15) is 9.59 Å². The smallest absolute Gasteiger partial charge is 0.335 e. The van der Waals surface area contributed by atoms with Gasteiger partial charge < -0.3 is 10.4 Å². The Morgan fingerprint density at radius 1 is 1.30 bits per heavy atom. The van der Waals surface area contributed by atoms with Crippen LogP contribution in [0.15, 0.2) is 24.3 Å². The number of hydrogen-bond acceptors (Lipinski definition) is 3. The van der Waals surface area contributed by atoms with E-state index in [1.807, 2.05) is 11.8 Å². The van der Waals surface area contributed by atoms with Gasteiger partial charge in [0.05, 0.1) is 5.56 Å². The molecule has 1 saturated carbocycles. The van der Waals surface area contributed by atoms with Crippen molar-refractivity contribution in [2.75, 3.05) is 12.8 Å². The number of hydrogen-bond donors (Lipinski definition) is 2. The first-order chi connectivity index (χ1) is 9.56. The number of carboxylic acids is 1. The number of amides is 1. The van der Waals surface area contributed by atoms with E-state index in [1.165, 1.54) is 25.0 Å². The number of carbonyl (C=O) groups excluding carboxylic acids is 1. The molecular weight excluding hydrogens is 274 g/mol. The molecule has 0 bridgehead atoms. The molecule has 4 nitrogen and oxygen atoms in total. The van der Waals surface area contributed by atoms with Crippen LogP contribution in [0.3, 0.4) is 0 Å². The summed E-state index contributed by atoms with van der Waals surface area (Å²) in [5, 5.41) is 11.9. The molecule has 1 aliphatic rings. The van der Waals surface area contributed by atoms with E-state index < -0.39 is 5.97 Å². The van der Waals surface area contributed by atoms with Crippen molar-refractivity contribution < 1.29 is 14.7 Å². The first kappa shape index (κ1) is 14.9. The van der Waals surface area contributed by atoms with Crippen LogP contribution in [0.5, 0.6) is 0 Å². The second-order valence-electron chi connectivity index (χ2n) is 5.16. The molecule has 0 spiro atoms. The summed E-state index contributed by atoms with van der Waals surface area (Å²) in [7, 11) is 0. The van der Waals surface area contributed by atoms with E-state index in [0.29, 0.717) is 12.1 Å². The van der Waals surface area contributed by atoms with Gasteiger partial charge >= 0.3 is 5.97 Å². The Morgan fingerprint density at radius 3 is 2.55 bits per heavy atom. The quantitative estimate of drug-likeness (QED) is 0.876. The molecule has 5 heteroatoms. The van der Waals surface area contributed by atoms with Crippen molar-refractivity contribution in [3.05, 3.63) is 35.4 Å². The van der Waals surface area contributed by atoms with E-state index in [1.54, 1.807) is 12.1 Å². The van der Waals surface area contributed by atoms with Crippen LogP contribution in [-0.4, -0.2) is 34.5 Å². The van der Waals surface area contributed by atoms with Gasteiger partial charge in [-0.1, -0.05) is 18.9 Å². The minimum absolute atomic E-state index is 0.137. The predicted molar refractivity (Wildman–Crippen MR) is 80.4 cm³/mol. The maximum absolute atomic E-state index is 12.1. The lowest BCUT2D eigenvalue weighted by atomic mass is 10.1. The molecule has 1 amide bonds. The zero-order valence-electron chi connectivity index (χ0n) is 11.5. The molecule has 2 rings (SSSR count). The van der Waals surface area contributed by atoms with Crippen LogP contribution in [0.1, 0.15) is 46.4 Å². The van der Waals surface area contributed by atoms with Crippen LogP contribution in [0.4, 0.5) is 0 Å². The maximum atomic E-state index is 12.1. The van der Waals surface area contributed by atoms with E-state index in [0.717, 1.165) is 12.8 Å². The van der Waals surface area contributed by atoms with Gasteiger partial charge in [0.15, 0.2) is 0 Å². The third-order valence-corrected chi connectivity index (χ3v) is 5.31. The van der Waals surface area contributed by atoms with Gasteiger partial charge in [0, 0.05) is 16.9 Å². The van der Waals surface area contributed by atoms with Crippen molar-refractivity contribution >= 4 is 23.6 Å². The van der Waals surface area contributed by atoms with Crippen molar-refractivity contribution in [3.63, 3.8) is 0 Å². The molecule has 108 valence electrons. The lowest BCUT2D eigenvalue weighted by Gasteiger charge is -2.26. The molecule has 1 aliphatic carbocycles. The Hall–Kier alpha value is -1.49. The van der Waals surface area contributed by atoms with Crippen molar-refractivity contribution in [3.8, 4) is 0 Å². The molecule has 2 N–H and O–H groups in total. The van der Waals surface area contributed by atoms with Gasteiger partial charge in [-0.15, -0.1) is 0 Å². The summed E-state index contributed by atoms with van der Waals surface area (Å²) in [6.45, 7) is 0.643. The van der Waals surface area contributed by atoms with Gasteiger partial charge in [-0.3, -0.25) is 4.79 Å². The number of carbonyl (C=O) groups is 2. The molecule has 0 unspecified atom stereocenters. The highest BCUT2D eigenvalue weighted by molar-refractivity contribution is 8.00. The number of carboxylic acid groups (broad SMARTS) is 1. The third-order valence-electron chi connectivity index (χ3n) is 3.89. The average Bonchev–Trinajstić information content (AvgIpc) is 2.94. The first-order valence-electron chi connectivity index (χ1n) is 6.73. The normalized spacial score (nSPS) is 16.9. The number of benzene rings is 1. The summed E-state index contributed by atoms with van der Waals surface area (Å²) in [6.07, 6.45) is 6.77. The van der Waals surface area contributed by atoms with Crippen LogP contribution in [0.2, 0.25) is 0 Å². The molecule has 0 heterocycles. The molecule has 1 aromatic carbocycles. The van der Waals surface area contributed by atoms with E-state index in [4.69, 9.17) is 5.11 Å². The fraction of sp³-hybridized carbons (Fsp3) is 0.467. The Bertz CT molecular complexity index is 510. The lowest BCUT2D eigenvalue weighted by molar-refractivity contribution is 0.0697. The molecule has 1 fully saturated rings. The summed E-state index contributed by atoms with van der Waals surface area (Å²) >= 11 is 1.82. The highest BCUT2D eigenvalue weighted by Gasteiger charge is 2.33. The minimum atomic E-state index is -1.02. The van der Waals surface area contributed by atoms with Gasteiger partial charge in [-0.2, -0.15) is 11.8 Å². The fourth-order valence-electron chi connectivity index (χ4n) is 2.61. The fourth-order valence-corrected chi connectivity index (χ4v) is 3.52. The molecule has 0 aromatic heterocycles. The van der Waals surface area contributed by atoms with Crippen molar-refractivity contribution in [2.24, 2.45) is 0 Å². The van der Waals surface area contributed by atoms with E-state index >= 15 is 0 Å². The van der Waals surface area contributed by atoms with Crippen LogP contribution in [0, 0.1) is 0 Å². The van der Waals surface area contributed by atoms with Crippen LogP contribution < -0.4 is 5.32 Å². The zero-order chi connectivity index (χ0) is 14.6. The van der Waals surface area contributed by atoms with Crippen molar-refractivity contribution in [1.82, 2.24) is 5.32 Å². The largest absolute Gasteiger partial charge is 0.478 e. The lowest BCUT2D eigenvalue weighted by Crippen LogP contribution is -2.38. The van der Waals surface area contributed by atoms with Crippen LogP contribution >= 0.6 is 11.8 Å². The van der Waals surface area contributed by atoms with E-state index in [-0.39, 0.29) is 16.2 Å². The summed E-state index contributed by atoms with van der Waals surface area (Å²) in [4.78, 5) is 23.0. The summed E-state index contributed by atoms with van der Waals surface area (Å²) in [6, 6.07) is 6.14. The Balaban J connectivity index is 2.01.